The number of aryl methyl sites for hydroxylation is 1. The molecule has 0 saturated carbocycles. The lowest BCUT2D eigenvalue weighted by Gasteiger charge is -2.30. The number of rotatable bonds is 4. The number of hydrogen-bond donors (Lipinski definition) is 2. The van der Waals surface area contributed by atoms with Crippen LogP contribution in [0, 0.1) is 12.8 Å². The van der Waals surface area contributed by atoms with Crippen LogP contribution in [0.15, 0.2) is 0 Å². The smallest absolute Gasteiger partial charge is 0.339 e. The van der Waals surface area contributed by atoms with Gasteiger partial charge in [0, 0.05) is 30.8 Å². The number of carbonyl (C=O) groups excluding carboxylic acids is 2. The van der Waals surface area contributed by atoms with Crippen molar-refractivity contribution in [2.75, 3.05) is 18.4 Å². The van der Waals surface area contributed by atoms with Gasteiger partial charge in [-0.15, -0.1) is 11.3 Å². The Labute approximate surface area is 139 Å². The van der Waals surface area contributed by atoms with Crippen LogP contribution in [0.2, 0.25) is 0 Å². The van der Waals surface area contributed by atoms with Crippen molar-refractivity contribution < 1.29 is 19.5 Å². The van der Waals surface area contributed by atoms with Crippen LogP contribution in [-0.2, 0) is 16.0 Å². The zero-order valence-corrected chi connectivity index (χ0v) is 14.5. The van der Waals surface area contributed by atoms with Gasteiger partial charge in [0.2, 0.25) is 11.8 Å². The first-order valence-electron chi connectivity index (χ1n) is 7.77. The number of piperidine rings is 1. The van der Waals surface area contributed by atoms with Gasteiger partial charge in [-0.2, -0.15) is 0 Å². The number of likely N-dealkylation sites (tertiary alicyclic amines) is 1. The molecule has 0 radical (unpaired) electrons. The monoisotopic (exact) mass is 338 g/mol. The Bertz CT molecular complexity index is 630. The Balaban J connectivity index is 2.09. The molecule has 2 rings (SSSR count). The summed E-state index contributed by atoms with van der Waals surface area (Å²) in [6, 6.07) is 0. The van der Waals surface area contributed by atoms with Gasteiger partial charge in [-0.3, -0.25) is 9.59 Å². The number of aromatic carboxylic acids is 1. The summed E-state index contributed by atoms with van der Waals surface area (Å²) < 4.78 is 0. The lowest BCUT2D eigenvalue weighted by molar-refractivity contribution is -0.132. The van der Waals surface area contributed by atoms with Crippen LogP contribution in [-0.4, -0.2) is 40.9 Å². The average Bonchev–Trinajstić information content (AvgIpc) is 2.82. The van der Waals surface area contributed by atoms with E-state index in [4.69, 9.17) is 0 Å². The van der Waals surface area contributed by atoms with E-state index >= 15 is 0 Å². The molecule has 0 atom stereocenters. The maximum Gasteiger partial charge on any atom is 0.339 e. The zero-order valence-electron chi connectivity index (χ0n) is 13.6. The van der Waals surface area contributed by atoms with E-state index < -0.39 is 5.97 Å². The van der Waals surface area contributed by atoms with E-state index in [1.54, 1.807) is 4.90 Å². The van der Waals surface area contributed by atoms with E-state index in [2.05, 4.69) is 5.32 Å². The summed E-state index contributed by atoms with van der Waals surface area (Å²) in [7, 11) is 0. The molecule has 7 heteroatoms. The van der Waals surface area contributed by atoms with E-state index in [1.165, 1.54) is 18.3 Å². The molecule has 0 spiro atoms. The molecule has 2 amide bonds. The van der Waals surface area contributed by atoms with Crippen LogP contribution in [0.25, 0.3) is 0 Å². The van der Waals surface area contributed by atoms with Gasteiger partial charge >= 0.3 is 5.97 Å². The van der Waals surface area contributed by atoms with Gasteiger partial charge in [0.15, 0.2) is 0 Å². The molecule has 23 heavy (non-hydrogen) atoms. The molecule has 1 fully saturated rings. The second-order valence-corrected chi connectivity index (χ2v) is 6.99. The molecular formula is C16H22N2O4S. The van der Waals surface area contributed by atoms with Crippen LogP contribution in [0.3, 0.4) is 0 Å². The molecule has 0 unspecified atom stereocenters. The van der Waals surface area contributed by atoms with Crippen molar-refractivity contribution in [1.82, 2.24) is 4.90 Å². The number of carboxylic acids is 1. The van der Waals surface area contributed by atoms with E-state index in [0.717, 1.165) is 10.4 Å². The van der Waals surface area contributed by atoms with Crippen molar-refractivity contribution in [3.63, 3.8) is 0 Å². The number of amides is 2. The van der Waals surface area contributed by atoms with Crippen molar-refractivity contribution in [1.29, 1.82) is 0 Å². The second kappa shape index (κ2) is 7.12. The molecule has 0 bridgehead atoms. The molecule has 2 N–H and O–H groups in total. The first kappa shape index (κ1) is 17.5. The lowest BCUT2D eigenvalue weighted by Crippen LogP contribution is -2.40. The van der Waals surface area contributed by atoms with Crippen LogP contribution in [0.4, 0.5) is 5.00 Å². The Morgan fingerprint density at radius 1 is 1.30 bits per heavy atom. The van der Waals surface area contributed by atoms with Gasteiger partial charge in [-0.1, -0.05) is 6.92 Å². The van der Waals surface area contributed by atoms with Crippen LogP contribution in [0.5, 0.6) is 0 Å². The third-order valence-corrected chi connectivity index (χ3v) is 5.39. The van der Waals surface area contributed by atoms with Crippen LogP contribution >= 0.6 is 11.3 Å². The molecule has 1 saturated heterocycles. The van der Waals surface area contributed by atoms with Crippen LogP contribution < -0.4 is 5.32 Å². The normalized spacial score (nSPS) is 15.5. The lowest BCUT2D eigenvalue weighted by atomic mass is 9.96. The minimum absolute atomic E-state index is 0.0264. The summed E-state index contributed by atoms with van der Waals surface area (Å²) >= 11 is 1.31. The van der Waals surface area contributed by atoms with Crippen molar-refractivity contribution in [3.8, 4) is 0 Å². The molecule has 6 nitrogen and oxygen atoms in total. The van der Waals surface area contributed by atoms with Crippen molar-refractivity contribution in [3.05, 3.63) is 16.0 Å². The third kappa shape index (κ3) is 3.72. The molecule has 1 aliphatic heterocycles. The quantitative estimate of drug-likeness (QED) is 0.883. The Morgan fingerprint density at radius 2 is 1.91 bits per heavy atom. The number of anilines is 1. The van der Waals surface area contributed by atoms with Gasteiger partial charge in [-0.25, -0.2) is 4.79 Å². The molecule has 1 aromatic heterocycles. The summed E-state index contributed by atoms with van der Waals surface area (Å²) in [5, 5.41) is 12.6. The highest BCUT2D eigenvalue weighted by Crippen LogP contribution is 2.34. The molecule has 0 aromatic carbocycles. The van der Waals surface area contributed by atoms with Gasteiger partial charge in [-0.05, 0) is 31.7 Å². The number of nitrogens with one attached hydrogen (secondary N) is 1. The summed E-state index contributed by atoms with van der Waals surface area (Å²) in [5.74, 6) is -1.31. The standard InChI is InChI=1S/C16H22N2O4S/c1-4-12-9(2)23-15(13(12)16(21)22)17-14(20)11-5-7-18(8-6-11)10(3)19/h11H,4-8H2,1-3H3,(H,17,20)(H,21,22). The van der Waals surface area contributed by atoms with Crippen LogP contribution in [0.1, 0.15) is 47.5 Å². The Hall–Kier alpha value is -1.89. The molecule has 126 valence electrons. The topological polar surface area (TPSA) is 86.7 Å². The largest absolute Gasteiger partial charge is 0.478 e. The zero-order chi connectivity index (χ0) is 17.1. The SMILES string of the molecule is CCc1c(C)sc(NC(=O)C2CCN(C(C)=O)CC2)c1C(=O)O. The van der Waals surface area contributed by atoms with Gasteiger partial charge in [0.1, 0.15) is 5.00 Å². The minimum Gasteiger partial charge on any atom is -0.478 e. The van der Waals surface area contributed by atoms with E-state index in [-0.39, 0.29) is 23.3 Å². The first-order valence-corrected chi connectivity index (χ1v) is 8.58. The molecule has 2 heterocycles. The predicted molar refractivity (Wildman–Crippen MR) is 89.0 cm³/mol. The maximum absolute atomic E-state index is 12.4. The number of hydrogen-bond acceptors (Lipinski definition) is 4. The van der Waals surface area contributed by atoms with Gasteiger partial charge in [0.05, 0.1) is 5.56 Å². The van der Waals surface area contributed by atoms with Crippen molar-refractivity contribution in [2.24, 2.45) is 5.92 Å². The fourth-order valence-corrected chi connectivity index (χ4v) is 4.13. The van der Waals surface area contributed by atoms with Crippen molar-refractivity contribution in [2.45, 2.75) is 40.0 Å². The summed E-state index contributed by atoms with van der Waals surface area (Å²) in [6.07, 6.45) is 1.84. The summed E-state index contributed by atoms with van der Waals surface area (Å²) in [6.45, 7) is 6.45. The average molecular weight is 338 g/mol. The fraction of sp³-hybridized carbons (Fsp3) is 0.562. The molecule has 1 aliphatic rings. The third-order valence-electron chi connectivity index (χ3n) is 4.32. The summed E-state index contributed by atoms with van der Waals surface area (Å²) in [5.41, 5.74) is 0.994. The minimum atomic E-state index is -1.01. The fourth-order valence-electron chi connectivity index (χ4n) is 2.99. The highest BCUT2D eigenvalue weighted by atomic mass is 32.1. The second-order valence-electron chi connectivity index (χ2n) is 5.77. The number of carbonyl (C=O) groups is 3. The molecule has 0 aliphatic carbocycles. The highest BCUT2D eigenvalue weighted by molar-refractivity contribution is 7.16. The van der Waals surface area contributed by atoms with E-state index in [9.17, 15) is 19.5 Å². The Kier molecular flexibility index (Phi) is 5.41. The van der Waals surface area contributed by atoms with Gasteiger partial charge in [0.25, 0.3) is 0 Å². The van der Waals surface area contributed by atoms with E-state index in [0.29, 0.717) is 37.4 Å². The number of carboxylic acid groups (broad SMARTS) is 1. The number of nitrogens with zero attached hydrogens (tertiary/aromatic N) is 1. The van der Waals surface area contributed by atoms with E-state index in [1.807, 2.05) is 13.8 Å². The van der Waals surface area contributed by atoms with Gasteiger partial charge < -0.3 is 15.3 Å². The summed E-state index contributed by atoms with van der Waals surface area (Å²) in [4.78, 5) is 37.9. The number of thiophene rings is 1. The molecular weight excluding hydrogens is 316 g/mol. The predicted octanol–water partition coefficient (Wildman–Crippen LogP) is 2.51. The maximum atomic E-state index is 12.4. The van der Waals surface area contributed by atoms with Crippen molar-refractivity contribution >= 4 is 34.1 Å². The highest BCUT2D eigenvalue weighted by Gasteiger charge is 2.28. The molecule has 1 aromatic rings. The first-order chi connectivity index (χ1) is 10.8. The Morgan fingerprint density at radius 3 is 2.39 bits per heavy atom.